The maximum atomic E-state index is 11.6. The van der Waals surface area contributed by atoms with E-state index < -0.39 is 0 Å². The van der Waals surface area contributed by atoms with E-state index in [4.69, 9.17) is 4.74 Å². The van der Waals surface area contributed by atoms with Gasteiger partial charge < -0.3 is 25.8 Å². The standard InChI is InChI=1S/C22H31N3O3/c1-5-6-10-19(24-15(2)16-8-7-9-18(13-16)28-4)17-11-12-21(26)20(14-17)25-22(27)23-3/h7-9,11-15,19,24,26H,5-6,10H2,1-4H3,(H2,23,25,27). The molecule has 0 aliphatic carbocycles. The number of phenols is 1. The molecule has 28 heavy (non-hydrogen) atoms. The second-order valence-electron chi connectivity index (χ2n) is 6.84. The Morgan fingerprint density at radius 2 is 1.96 bits per heavy atom. The molecule has 6 nitrogen and oxygen atoms in total. The van der Waals surface area contributed by atoms with Crippen molar-refractivity contribution in [2.75, 3.05) is 19.5 Å². The van der Waals surface area contributed by atoms with Crippen LogP contribution >= 0.6 is 0 Å². The summed E-state index contributed by atoms with van der Waals surface area (Å²) >= 11 is 0. The van der Waals surface area contributed by atoms with E-state index in [-0.39, 0.29) is 23.9 Å². The van der Waals surface area contributed by atoms with Crippen molar-refractivity contribution >= 4 is 11.7 Å². The Kier molecular flexibility index (Phi) is 8.14. The van der Waals surface area contributed by atoms with E-state index in [0.717, 1.165) is 36.1 Å². The van der Waals surface area contributed by atoms with Crippen LogP contribution in [0.15, 0.2) is 42.5 Å². The molecule has 4 N–H and O–H groups in total. The molecule has 6 heteroatoms. The fourth-order valence-corrected chi connectivity index (χ4v) is 3.12. The molecular formula is C22H31N3O3. The summed E-state index contributed by atoms with van der Waals surface area (Å²) in [4.78, 5) is 11.6. The van der Waals surface area contributed by atoms with Gasteiger partial charge in [0.05, 0.1) is 12.8 Å². The fourth-order valence-electron chi connectivity index (χ4n) is 3.12. The van der Waals surface area contributed by atoms with E-state index in [0.29, 0.717) is 5.69 Å². The minimum absolute atomic E-state index is 0.0439. The molecule has 152 valence electrons. The maximum absolute atomic E-state index is 11.6. The van der Waals surface area contributed by atoms with Gasteiger partial charge in [0.25, 0.3) is 0 Å². The van der Waals surface area contributed by atoms with Crippen LogP contribution in [0.5, 0.6) is 11.5 Å². The summed E-state index contributed by atoms with van der Waals surface area (Å²) in [6, 6.07) is 13.2. The highest BCUT2D eigenvalue weighted by Gasteiger charge is 2.17. The molecule has 2 amide bonds. The summed E-state index contributed by atoms with van der Waals surface area (Å²) in [5.41, 5.74) is 2.56. The first kappa shape index (κ1) is 21.6. The van der Waals surface area contributed by atoms with Gasteiger partial charge in [0.2, 0.25) is 0 Å². The monoisotopic (exact) mass is 385 g/mol. The Bertz CT molecular complexity index is 779. The van der Waals surface area contributed by atoms with Crippen LogP contribution in [0.25, 0.3) is 0 Å². The summed E-state index contributed by atoms with van der Waals surface area (Å²) in [6.07, 6.45) is 3.11. The van der Waals surface area contributed by atoms with Gasteiger partial charge in [-0.25, -0.2) is 4.79 Å². The normalized spacial score (nSPS) is 12.9. The van der Waals surface area contributed by atoms with E-state index >= 15 is 0 Å². The molecular weight excluding hydrogens is 354 g/mol. The second-order valence-corrected chi connectivity index (χ2v) is 6.84. The molecule has 0 saturated carbocycles. The summed E-state index contributed by atoms with van der Waals surface area (Å²) in [5, 5.41) is 18.9. The Morgan fingerprint density at radius 1 is 1.18 bits per heavy atom. The summed E-state index contributed by atoms with van der Waals surface area (Å²) in [7, 11) is 3.20. The van der Waals surface area contributed by atoms with Crippen molar-refractivity contribution in [3.8, 4) is 11.5 Å². The summed E-state index contributed by atoms with van der Waals surface area (Å²) in [5.74, 6) is 0.875. The van der Waals surface area contributed by atoms with Crippen molar-refractivity contribution in [3.05, 3.63) is 53.6 Å². The number of phenolic OH excluding ortho intramolecular Hbond substituents is 1. The van der Waals surface area contributed by atoms with Crippen molar-refractivity contribution in [3.63, 3.8) is 0 Å². The Hall–Kier alpha value is -2.73. The van der Waals surface area contributed by atoms with Crippen LogP contribution in [0.1, 0.15) is 56.3 Å². The van der Waals surface area contributed by atoms with E-state index in [2.05, 4.69) is 35.9 Å². The third kappa shape index (κ3) is 5.89. The van der Waals surface area contributed by atoms with Gasteiger partial charge in [-0.15, -0.1) is 0 Å². The summed E-state index contributed by atoms with van der Waals surface area (Å²) in [6.45, 7) is 4.29. The van der Waals surface area contributed by atoms with Gasteiger partial charge in [-0.3, -0.25) is 0 Å². The molecule has 0 fully saturated rings. The smallest absolute Gasteiger partial charge is 0.319 e. The average molecular weight is 386 g/mol. The highest BCUT2D eigenvalue weighted by atomic mass is 16.5. The Morgan fingerprint density at radius 3 is 2.64 bits per heavy atom. The molecule has 0 aliphatic heterocycles. The number of ether oxygens (including phenoxy) is 1. The lowest BCUT2D eigenvalue weighted by Gasteiger charge is -2.25. The molecule has 0 bridgehead atoms. The lowest BCUT2D eigenvalue weighted by Crippen LogP contribution is -2.26. The van der Waals surface area contributed by atoms with Crippen LogP contribution < -0.4 is 20.7 Å². The van der Waals surface area contributed by atoms with Gasteiger partial charge in [0.15, 0.2) is 0 Å². The average Bonchev–Trinajstić information content (AvgIpc) is 2.72. The van der Waals surface area contributed by atoms with E-state index in [1.165, 1.54) is 7.05 Å². The lowest BCUT2D eigenvalue weighted by atomic mass is 9.98. The van der Waals surface area contributed by atoms with Crippen molar-refractivity contribution in [1.82, 2.24) is 10.6 Å². The number of urea groups is 1. The van der Waals surface area contributed by atoms with Gasteiger partial charge in [-0.1, -0.05) is 38.0 Å². The molecule has 0 aliphatic rings. The lowest BCUT2D eigenvalue weighted by molar-refractivity contribution is 0.254. The Labute approximate surface area is 167 Å². The third-order valence-corrected chi connectivity index (χ3v) is 4.79. The van der Waals surface area contributed by atoms with Crippen molar-refractivity contribution in [2.24, 2.45) is 0 Å². The van der Waals surface area contributed by atoms with Crippen molar-refractivity contribution in [2.45, 2.75) is 45.2 Å². The molecule has 0 heterocycles. The van der Waals surface area contributed by atoms with Crippen LogP contribution in [0.2, 0.25) is 0 Å². The predicted molar refractivity (Wildman–Crippen MR) is 113 cm³/mol. The van der Waals surface area contributed by atoms with E-state index in [1.54, 1.807) is 13.2 Å². The number of aromatic hydroxyl groups is 1. The van der Waals surface area contributed by atoms with Gasteiger partial charge in [-0.05, 0) is 48.7 Å². The van der Waals surface area contributed by atoms with Crippen LogP contribution in [0.3, 0.4) is 0 Å². The number of amides is 2. The number of anilines is 1. The van der Waals surface area contributed by atoms with Crippen LogP contribution in [-0.2, 0) is 0 Å². The second kappa shape index (κ2) is 10.6. The highest BCUT2D eigenvalue weighted by molar-refractivity contribution is 5.90. The Balaban J connectivity index is 2.24. The van der Waals surface area contributed by atoms with Crippen molar-refractivity contribution in [1.29, 1.82) is 0 Å². The highest BCUT2D eigenvalue weighted by Crippen LogP contribution is 2.31. The predicted octanol–water partition coefficient (Wildman–Crippen LogP) is 4.73. The fraction of sp³-hybridized carbons (Fsp3) is 0.409. The minimum Gasteiger partial charge on any atom is -0.506 e. The number of rotatable bonds is 9. The third-order valence-electron chi connectivity index (χ3n) is 4.79. The SMILES string of the molecule is CCCCC(NC(C)c1cccc(OC)c1)c1ccc(O)c(NC(=O)NC)c1. The number of hydrogen-bond donors (Lipinski definition) is 4. The number of nitrogens with one attached hydrogen (secondary N) is 3. The molecule has 0 aromatic heterocycles. The number of carbonyl (C=O) groups is 1. The number of hydrogen-bond acceptors (Lipinski definition) is 4. The summed E-state index contributed by atoms with van der Waals surface area (Å²) < 4.78 is 5.33. The number of carbonyl (C=O) groups excluding carboxylic acids is 1. The van der Waals surface area contributed by atoms with Crippen molar-refractivity contribution < 1.29 is 14.6 Å². The quantitative estimate of drug-likeness (QED) is 0.470. The zero-order chi connectivity index (χ0) is 20.5. The molecule has 0 spiro atoms. The van der Waals surface area contributed by atoms with Gasteiger partial charge in [0, 0.05) is 19.1 Å². The molecule has 0 saturated heterocycles. The van der Waals surface area contributed by atoms with Gasteiger partial charge in [-0.2, -0.15) is 0 Å². The zero-order valence-corrected chi connectivity index (χ0v) is 17.1. The first-order valence-electron chi connectivity index (χ1n) is 9.70. The number of unbranched alkanes of at least 4 members (excludes halogenated alkanes) is 1. The molecule has 2 aromatic carbocycles. The first-order chi connectivity index (χ1) is 13.5. The zero-order valence-electron chi connectivity index (χ0n) is 17.1. The van der Waals surface area contributed by atoms with Crippen LogP contribution in [0.4, 0.5) is 10.5 Å². The largest absolute Gasteiger partial charge is 0.506 e. The molecule has 2 aromatic rings. The van der Waals surface area contributed by atoms with Gasteiger partial charge in [0.1, 0.15) is 11.5 Å². The van der Waals surface area contributed by atoms with E-state index in [9.17, 15) is 9.90 Å². The minimum atomic E-state index is -0.365. The number of methoxy groups -OCH3 is 1. The molecule has 2 atom stereocenters. The topological polar surface area (TPSA) is 82.6 Å². The molecule has 2 unspecified atom stereocenters. The molecule has 2 rings (SSSR count). The van der Waals surface area contributed by atoms with Crippen LogP contribution in [0, 0.1) is 0 Å². The molecule has 0 radical (unpaired) electrons. The number of benzene rings is 2. The van der Waals surface area contributed by atoms with E-state index in [1.807, 2.05) is 30.3 Å². The first-order valence-corrected chi connectivity index (χ1v) is 9.70. The maximum Gasteiger partial charge on any atom is 0.319 e. The van der Waals surface area contributed by atoms with Crippen LogP contribution in [-0.4, -0.2) is 25.3 Å². The van der Waals surface area contributed by atoms with Gasteiger partial charge >= 0.3 is 6.03 Å².